The molecule has 0 saturated heterocycles. The topological polar surface area (TPSA) is 71.1 Å². The second-order valence-corrected chi connectivity index (χ2v) is 6.82. The molecule has 0 aliphatic carbocycles. The van der Waals surface area contributed by atoms with Crippen molar-refractivity contribution in [2.45, 2.75) is 12.3 Å². The van der Waals surface area contributed by atoms with E-state index in [-0.39, 0.29) is 5.75 Å². The van der Waals surface area contributed by atoms with Gasteiger partial charge in [0, 0.05) is 18.9 Å². The van der Waals surface area contributed by atoms with E-state index in [1.165, 1.54) is 7.05 Å². The van der Waals surface area contributed by atoms with E-state index in [9.17, 15) is 8.42 Å². The van der Waals surface area contributed by atoms with E-state index in [0.29, 0.717) is 11.6 Å². The molecule has 2 N–H and O–H groups in total. The van der Waals surface area contributed by atoms with Gasteiger partial charge in [0.15, 0.2) is 0 Å². The Morgan fingerprint density at radius 3 is 2.43 bits per heavy atom. The highest BCUT2D eigenvalue weighted by Gasteiger charge is 2.08. The van der Waals surface area contributed by atoms with Gasteiger partial charge < -0.3 is 5.32 Å². The Morgan fingerprint density at radius 1 is 1.14 bits per heavy atom. The van der Waals surface area contributed by atoms with E-state index in [2.05, 4.69) is 15.0 Å². The first kappa shape index (κ1) is 15.8. The van der Waals surface area contributed by atoms with Gasteiger partial charge >= 0.3 is 0 Å². The lowest BCUT2D eigenvalue weighted by molar-refractivity contribution is 0.587. The Kier molecular flexibility index (Phi) is 5.17. The van der Waals surface area contributed by atoms with Crippen LogP contribution in [0.25, 0.3) is 0 Å². The maximum Gasteiger partial charge on any atom is 0.215 e. The third-order valence-corrected chi connectivity index (χ3v) is 4.58. The Morgan fingerprint density at radius 2 is 1.81 bits per heavy atom. The summed E-state index contributed by atoms with van der Waals surface area (Å²) in [6, 6.07) is 9.20. The van der Waals surface area contributed by atoms with Crippen molar-refractivity contribution in [1.29, 1.82) is 0 Å². The lowest BCUT2D eigenvalue weighted by atomic mass is 10.1. The fraction of sp³-hybridized carbons (Fsp3) is 0.214. The molecule has 0 aliphatic rings. The molecule has 2 rings (SSSR count). The number of benzene rings is 1. The largest absolute Gasteiger partial charge is 0.380 e. The third-order valence-electron chi connectivity index (χ3n) is 2.95. The minimum atomic E-state index is -3.24. The van der Waals surface area contributed by atoms with Crippen LogP contribution >= 0.6 is 11.6 Å². The standard InChI is InChI=1S/C14H16ClN3O2S/c1-16-21(19,20)10-12-4-2-11(3-5-12)8-18-14-6-7-17-9-13(14)15/h2-7,9,16H,8,10H2,1H3,(H,17,18). The molecule has 0 unspecified atom stereocenters. The van der Waals surface area contributed by atoms with Gasteiger partial charge in [-0.15, -0.1) is 0 Å². The van der Waals surface area contributed by atoms with Gasteiger partial charge in [-0.1, -0.05) is 35.9 Å². The van der Waals surface area contributed by atoms with E-state index in [0.717, 1.165) is 16.8 Å². The van der Waals surface area contributed by atoms with Crippen molar-refractivity contribution < 1.29 is 8.42 Å². The normalized spacial score (nSPS) is 11.3. The van der Waals surface area contributed by atoms with Crippen molar-refractivity contribution in [1.82, 2.24) is 9.71 Å². The van der Waals surface area contributed by atoms with Gasteiger partial charge in [0.1, 0.15) is 0 Å². The summed E-state index contributed by atoms with van der Waals surface area (Å²) in [5.41, 5.74) is 2.59. The zero-order chi connectivity index (χ0) is 15.3. The molecule has 7 heteroatoms. The molecular weight excluding hydrogens is 310 g/mol. The van der Waals surface area contributed by atoms with Crippen molar-refractivity contribution >= 4 is 27.3 Å². The zero-order valence-corrected chi connectivity index (χ0v) is 13.1. The van der Waals surface area contributed by atoms with Crippen LogP contribution < -0.4 is 10.0 Å². The van der Waals surface area contributed by atoms with Crippen LogP contribution in [-0.2, 0) is 22.3 Å². The monoisotopic (exact) mass is 325 g/mol. The first-order valence-corrected chi connectivity index (χ1v) is 8.35. The first-order valence-electron chi connectivity index (χ1n) is 6.32. The molecule has 1 heterocycles. The van der Waals surface area contributed by atoms with Gasteiger partial charge in [-0.3, -0.25) is 4.98 Å². The molecule has 0 saturated carbocycles. The maximum atomic E-state index is 11.5. The molecule has 0 spiro atoms. The van der Waals surface area contributed by atoms with Crippen LogP contribution in [0.5, 0.6) is 0 Å². The number of pyridine rings is 1. The Balaban J connectivity index is 1.98. The Hall–Kier alpha value is -1.63. The molecule has 0 radical (unpaired) electrons. The van der Waals surface area contributed by atoms with Crippen LogP contribution in [0.4, 0.5) is 5.69 Å². The van der Waals surface area contributed by atoms with Crippen LogP contribution in [0.3, 0.4) is 0 Å². The Bertz CT molecular complexity index is 702. The van der Waals surface area contributed by atoms with E-state index in [1.54, 1.807) is 30.6 Å². The van der Waals surface area contributed by atoms with E-state index >= 15 is 0 Å². The predicted molar refractivity (Wildman–Crippen MR) is 84.7 cm³/mol. The van der Waals surface area contributed by atoms with Crippen molar-refractivity contribution in [2.75, 3.05) is 12.4 Å². The molecule has 0 bridgehead atoms. The van der Waals surface area contributed by atoms with E-state index in [4.69, 9.17) is 11.6 Å². The van der Waals surface area contributed by atoms with Crippen LogP contribution in [0, 0.1) is 0 Å². The summed E-state index contributed by atoms with van der Waals surface area (Å²) >= 11 is 6.01. The molecule has 0 amide bonds. The van der Waals surface area contributed by atoms with E-state index < -0.39 is 10.0 Å². The first-order chi connectivity index (χ1) is 10.00. The Labute approximate surface area is 129 Å². The number of nitrogens with one attached hydrogen (secondary N) is 2. The molecule has 112 valence electrons. The molecule has 1 aromatic carbocycles. The third kappa shape index (κ3) is 4.70. The van der Waals surface area contributed by atoms with Crippen LogP contribution in [0.2, 0.25) is 5.02 Å². The number of anilines is 1. The lowest BCUT2D eigenvalue weighted by Crippen LogP contribution is -2.20. The molecular formula is C14H16ClN3O2S. The van der Waals surface area contributed by atoms with Gasteiger partial charge in [-0.2, -0.15) is 0 Å². The number of aromatic nitrogens is 1. The fourth-order valence-corrected chi connectivity index (χ4v) is 2.72. The van der Waals surface area contributed by atoms with Crippen LogP contribution in [-0.4, -0.2) is 20.4 Å². The molecule has 0 aliphatic heterocycles. The number of hydrogen-bond acceptors (Lipinski definition) is 4. The number of sulfonamides is 1. The SMILES string of the molecule is CNS(=O)(=O)Cc1ccc(CNc2ccncc2Cl)cc1. The fourth-order valence-electron chi connectivity index (χ4n) is 1.76. The van der Waals surface area contributed by atoms with Crippen LogP contribution in [0.1, 0.15) is 11.1 Å². The summed E-state index contributed by atoms with van der Waals surface area (Å²) in [4.78, 5) is 3.92. The minimum Gasteiger partial charge on any atom is -0.380 e. The average Bonchev–Trinajstić information content (AvgIpc) is 2.48. The molecule has 21 heavy (non-hydrogen) atoms. The van der Waals surface area contributed by atoms with Gasteiger partial charge in [-0.05, 0) is 24.2 Å². The molecule has 0 atom stereocenters. The highest BCUT2D eigenvalue weighted by atomic mass is 35.5. The second-order valence-electron chi connectivity index (χ2n) is 4.49. The molecule has 0 fully saturated rings. The smallest absolute Gasteiger partial charge is 0.215 e. The number of nitrogens with zero attached hydrogens (tertiary/aromatic N) is 1. The van der Waals surface area contributed by atoms with Crippen molar-refractivity contribution in [3.05, 3.63) is 58.9 Å². The minimum absolute atomic E-state index is 0.0204. The number of halogens is 1. The summed E-state index contributed by atoms with van der Waals surface area (Å²) in [6.07, 6.45) is 3.25. The predicted octanol–water partition coefficient (Wildman–Crippen LogP) is 2.40. The van der Waals surface area contributed by atoms with Crippen molar-refractivity contribution in [3.63, 3.8) is 0 Å². The zero-order valence-electron chi connectivity index (χ0n) is 11.5. The highest BCUT2D eigenvalue weighted by molar-refractivity contribution is 7.88. The van der Waals surface area contributed by atoms with Crippen LogP contribution in [0.15, 0.2) is 42.7 Å². The summed E-state index contributed by atoms with van der Waals surface area (Å²) in [7, 11) is -1.83. The van der Waals surface area contributed by atoms with Gasteiger partial charge in [0.05, 0.1) is 16.5 Å². The highest BCUT2D eigenvalue weighted by Crippen LogP contribution is 2.20. The average molecular weight is 326 g/mol. The lowest BCUT2D eigenvalue weighted by Gasteiger charge is -2.09. The molecule has 5 nitrogen and oxygen atoms in total. The van der Waals surface area contributed by atoms with Gasteiger partial charge in [-0.25, -0.2) is 13.1 Å². The summed E-state index contributed by atoms with van der Waals surface area (Å²) < 4.78 is 25.2. The quantitative estimate of drug-likeness (QED) is 0.855. The molecule has 1 aromatic heterocycles. The van der Waals surface area contributed by atoms with Crippen molar-refractivity contribution in [2.24, 2.45) is 0 Å². The van der Waals surface area contributed by atoms with E-state index in [1.807, 2.05) is 12.1 Å². The number of rotatable bonds is 6. The van der Waals surface area contributed by atoms with Crippen molar-refractivity contribution in [3.8, 4) is 0 Å². The summed E-state index contributed by atoms with van der Waals surface area (Å²) in [6.45, 7) is 0.600. The molecule has 2 aromatic rings. The maximum absolute atomic E-state index is 11.5. The summed E-state index contributed by atoms with van der Waals surface area (Å²) in [5.74, 6) is -0.0204. The number of hydrogen-bond donors (Lipinski definition) is 2. The van der Waals surface area contributed by atoms with Gasteiger partial charge in [0.25, 0.3) is 0 Å². The van der Waals surface area contributed by atoms with Gasteiger partial charge in [0.2, 0.25) is 10.0 Å². The second kappa shape index (κ2) is 6.89. The summed E-state index contributed by atoms with van der Waals surface area (Å²) in [5, 5.41) is 3.77.